The monoisotopic (exact) mass is 472 g/mol. The fraction of sp³-hybridized carbons (Fsp3) is 0.174. The van der Waals surface area contributed by atoms with E-state index in [1.54, 1.807) is 12.1 Å². The molecule has 0 fully saturated rings. The molecule has 1 aliphatic heterocycles. The number of amides is 3. The Hall–Kier alpha value is -3.53. The molecule has 0 unspecified atom stereocenters. The molecule has 33 heavy (non-hydrogen) atoms. The normalized spacial score (nSPS) is 12.9. The predicted octanol–water partition coefficient (Wildman–Crippen LogP) is 5.67. The largest absolute Gasteiger partial charge is 0.419 e. The topological polar surface area (TPSA) is 74.3 Å². The number of anilines is 3. The average molecular weight is 472 g/mol. The maximum atomic E-state index is 13.9. The van der Waals surface area contributed by atoms with Crippen molar-refractivity contribution in [2.75, 3.05) is 28.3 Å². The van der Waals surface area contributed by atoms with Crippen LogP contribution in [0, 0.1) is 0 Å². The maximum Gasteiger partial charge on any atom is 0.419 e. The third-order valence-corrected chi connectivity index (χ3v) is 5.94. The van der Waals surface area contributed by atoms with Crippen molar-refractivity contribution in [2.24, 2.45) is 0 Å². The molecule has 0 aliphatic carbocycles. The van der Waals surface area contributed by atoms with E-state index in [-0.39, 0.29) is 10.6 Å². The lowest BCUT2D eigenvalue weighted by molar-refractivity contribution is -0.139. The van der Waals surface area contributed by atoms with Crippen LogP contribution in [0.3, 0.4) is 0 Å². The Morgan fingerprint density at radius 1 is 1.06 bits per heavy atom. The van der Waals surface area contributed by atoms with E-state index in [0.29, 0.717) is 24.2 Å². The molecule has 4 rings (SSSR count). The number of para-hydroxylation sites is 1. The van der Waals surface area contributed by atoms with Crippen molar-refractivity contribution in [3.8, 4) is 0 Å². The first-order valence-corrected chi connectivity index (χ1v) is 11.2. The van der Waals surface area contributed by atoms with Crippen LogP contribution in [0.4, 0.5) is 35.0 Å². The van der Waals surface area contributed by atoms with Gasteiger partial charge in [-0.1, -0.05) is 18.2 Å². The minimum atomic E-state index is -4.71. The zero-order chi connectivity index (χ0) is 23.6. The quantitative estimate of drug-likeness (QED) is 0.480. The number of pyridine rings is 1. The number of nitrogens with one attached hydrogen (secondary N) is 2. The zero-order valence-electron chi connectivity index (χ0n) is 17.4. The van der Waals surface area contributed by atoms with E-state index in [4.69, 9.17) is 0 Å². The van der Waals surface area contributed by atoms with Crippen molar-refractivity contribution in [3.63, 3.8) is 0 Å². The summed E-state index contributed by atoms with van der Waals surface area (Å²) in [6.45, 7) is 0.361. The maximum absolute atomic E-state index is 13.9. The molecule has 6 nitrogen and oxygen atoms in total. The summed E-state index contributed by atoms with van der Waals surface area (Å²) < 4.78 is 41.8. The Balaban J connectivity index is 1.68. The number of hydrogen-bond acceptors (Lipinski definition) is 4. The second-order valence-electron chi connectivity index (χ2n) is 7.25. The number of urea groups is 1. The second-order valence-corrected chi connectivity index (χ2v) is 8.10. The first kappa shape index (κ1) is 22.7. The molecular weight excluding hydrogens is 453 g/mol. The second kappa shape index (κ2) is 9.14. The summed E-state index contributed by atoms with van der Waals surface area (Å²) in [4.78, 5) is 30.6. The van der Waals surface area contributed by atoms with Crippen molar-refractivity contribution in [3.05, 3.63) is 77.6 Å². The molecule has 0 spiro atoms. The highest BCUT2D eigenvalue weighted by Gasteiger charge is 2.38. The summed E-state index contributed by atoms with van der Waals surface area (Å²) in [5.74, 6) is -0.505. The number of benzene rings is 2. The van der Waals surface area contributed by atoms with Gasteiger partial charge in [-0.05, 0) is 48.6 Å². The Kier molecular flexibility index (Phi) is 6.28. The number of halogens is 3. The lowest BCUT2D eigenvalue weighted by Crippen LogP contribution is -2.34. The lowest BCUT2D eigenvalue weighted by atomic mass is 10.1. The molecule has 2 heterocycles. The fourth-order valence-corrected chi connectivity index (χ4v) is 4.35. The standard InChI is InChI=1S/C23H19F3N4O2S/c1-33-19-13-16(28-21(31)15-6-9-27-10-7-15)12-17(20(19)23(24,25)26)29-22(32)30-11-8-14-4-2-3-5-18(14)30/h2-7,9-10,12-13H,8,11H2,1H3,(H,28,31)(H,29,32). The summed E-state index contributed by atoms with van der Waals surface area (Å²) in [6.07, 6.45) is 0.287. The molecule has 1 aliphatic rings. The van der Waals surface area contributed by atoms with Gasteiger partial charge < -0.3 is 10.6 Å². The number of thioether (sulfide) groups is 1. The molecule has 0 radical (unpaired) electrons. The van der Waals surface area contributed by atoms with Crippen LogP contribution in [-0.4, -0.2) is 29.7 Å². The third-order valence-electron chi connectivity index (χ3n) is 5.18. The first-order chi connectivity index (χ1) is 15.8. The fourth-order valence-electron chi connectivity index (χ4n) is 3.68. The van der Waals surface area contributed by atoms with E-state index in [1.165, 1.54) is 41.7 Å². The average Bonchev–Trinajstić information content (AvgIpc) is 3.23. The number of hydrogen-bond donors (Lipinski definition) is 2. The van der Waals surface area contributed by atoms with Gasteiger partial charge in [0.05, 0.1) is 11.3 Å². The van der Waals surface area contributed by atoms with Crippen LogP contribution < -0.4 is 15.5 Å². The number of rotatable bonds is 4. The number of nitrogens with zero attached hydrogens (tertiary/aromatic N) is 2. The first-order valence-electron chi connectivity index (χ1n) is 9.95. The number of carbonyl (C=O) groups is 2. The molecule has 3 amide bonds. The molecule has 3 aromatic rings. The van der Waals surface area contributed by atoms with Gasteiger partial charge in [-0.15, -0.1) is 11.8 Å². The van der Waals surface area contributed by atoms with E-state index in [0.717, 1.165) is 23.4 Å². The van der Waals surface area contributed by atoms with E-state index in [1.807, 2.05) is 12.1 Å². The van der Waals surface area contributed by atoms with Gasteiger partial charge in [-0.3, -0.25) is 14.7 Å². The van der Waals surface area contributed by atoms with Gasteiger partial charge in [0.1, 0.15) is 0 Å². The molecular formula is C23H19F3N4O2S. The minimum Gasteiger partial charge on any atom is -0.322 e. The number of aromatic nitrogens is 1. The summed E-state index contributed by atoms with van der Waals surface area (Å²) in [5, 5.41) is 5.02. The van der Waals surface area contributed by atoms with E-state index in [9.17, 15) is 22.8 Å². The van der Waals surface area contributed by atoms with Crippen molar-refractivity contribution >= 4 is 40.8 Å². The smallest absolute Gasteiger partial charge is 0.322 e. The van der Waals surface area contributed by atoms with Crippen LogP contribution in [-0.2, 0) is 12.6 Å². The number of fused-ring (bicyclic) bond motifs is 1. The number of carbonyl (C=O) groups excluding carboxylic acids is 2. The Bertz CT molecular complexity index is 1200. The van der Waals surface area contributed by atoms with Gasteiger partial charge in [-0.25, -0.2) is 4.79 Å². The summed E-state index contributed by atoms with van der Waals surface area (Å²) in [7, 11) is 0. The molecule has 2 aromatic carbocycles. The molecule has 170 valence electrons. The van der Waals surface area contributed by atoms with Crippen molar-refractivity contribution in [1.29, 1.82) is 0 Å². The Morgan fingerprint density at radius 3 is 2.48 bits per heavy atom. The highest BCUT2D eigenvalue weighted by molar-refractivity contribution is 7.98. The molecule has 0 saturated carbocycles. The van der Waals surface area contributed by atoms with Crippen LogP contribution in [0.15, 0.2) is 65.8 Å². The van der Waals surface area contributed by atoms with Crippen LogP contribution in [0.2, 0.25) is 0 Å². The summed E-state index contributed by atoms with van der Waals surface area (Å²) in [6, 6.07) is 11.9. The van der Waals surface area contributed by atoms with E-state index in [2.05, 4.69) is 15.6 Å². The Labute approximate surface area is 192 Å². The summed E-state index contributed by atoms with van der Waals surface area (Å²) in [5.41, 5.74) is 0.662. The lowest BCUT2D eigenvalue weighted by Gasteiger charge is -2.22. The number of alkyl halides is 3. The summed E-state index contributed by atoms with van der Waals surface area (Å²) >= 11 is 0.875. The van der Waals surface area contributed by atoms with Crippen molar-refractivity contribution in [2.45, 2.75) is 17.5 Å². The van der Waals surface area contributed by atoms with Crippen molar-refractivity contribution in [1.82, 2.24) is 4.98 Å². The van der Waals surface area contributed by atoms with Gasteiger partial charge >= 0.3 is 12.2 Å². The molecule has 0 bridgehead atoms. The molecule has 2 N–H and O–H groups in total. The minimum absolute atomic E-state index is 0.118. The molecule has 10 heteroatoms. The van der Waals surface area contributed by atoms with Crippen molar-refractivity contribution < 1.29 is 22.8 Å². The van der Waals surface area contributed by atoms with Crippen LogP contribution in [0.5, 0.6) is 0 Å². The van der Waals surface area contributed by atoms with Crippen LogP contribution in [0.1, 0.15) is 21.5 Å². The molecule has 0 saturated heterocycles. The third kappa shape index (κ3) is 4.80. The van der Waals surface area contributed by atoms with Gasteiger partial charge in [0, 0.05) is 40.8 Å². The van der Waals surface area contributed by atoms with E-state index >= 15 is 0 Å². The highest BCUT2D eigenvalue weighted by Crippen LogP contribution is 2.43. The zero-order valence-corrected chi connectivity index (χ0v) is 18.3. The van der Waals surface area contributed by atoms with E-state index < -0.39 is 29.4 Å². The molecule has 1 aromatic heterocycles. The SMILES string of the molecule is CSc1cc(NC(=O)c2ccncc2)cc(NC(=O)N2CCc3ccccc32)c1C(F)(F)F. The van der Waals surface area contributed by atoms with Gasteiger partial charge in [0.15, 0.2) is 0 Å². The van der Waals surface area contributed by atoms with Gasteiger partial charge in [-0.2, -0.15) is 13.2 Å². The predicted molar refractivity (Wildman–Crippen MR) is 122 cm³/mol. The molecule has 0 atom stereocenters. The van der Waals surface area contributed by atoms with Crippen LogP contribution >= 0.6 is 11.8 Å². The van der Waals surface area contributed by atoms with Crippen LogP contribution in [0.25, 0.3) is 0 Å². The van der Waals surface area contributed by atoms with Gasteiger partial charge in [0.25, 0.3) is 5.91 Å². The van der Waals surface area contributed by atoms with Gasteiger partial charge in [0.2, 0.25) is 0 Å². The Morgan fingerprint density at radius 2 is 1.79 bits per heavy atom. The highest BCUT2D eigenvalue weighted by atomic mass is 32.2.